The number of hydrogen-bond acceptors (Lipinski definition) is 7. The molecule has 1 fully saturated rings. The first-order valence-electron chi connectivity index (χ1n) is 19.0. The van der Waals surface area contributed by atoms with E-state index in [1.54, 1.807) is 36.0 Å². The van der Waals surface area contributed by atoms with Crippen LogP contribution in [0.1, 0.15) is 52.2 Å². The van der Waals surface area contributed by atoms with Crippen molar-refractivity contribution in [3.63, 3.8) is 0 Å². The highest BCUT2D eigenvalue weighted by atomic mass is 32.2. The van der Waals surface area contributed by atoms with Gasteiger partial charge in [-0.3, -0.25) is 4.79 Å². The molecule has 0 radical (unpaired) electrons. The standard InChI is InChI=1S/C47H46N2O6S2/c1-33-18-24-43(25-19-33)57(52,53)49-44(27-34-10-4-2-5-11-34)46(51)48-30-36-12-8-13-38(26-36)39-14-9-15-40(28-39)47-54-41(32-56-42-16-6-3-7-17-42)29-45(55-47)37-22-20-35(31-50)21-23-37/h2-26,28,41,44-45,47,49-50H,27,29-32H2,1H3,(H,48,51)/t41-,44+,45+,47+/m0/s1. The van der Waals surface area contributed by atoms with Gasteiger partial charge in [0.15, 0.2) is 6.29 Å². The summed E-state index contributed by atoms with van der Waals surface area (Å²) < 4.78 is 42.7. The normalized spacial score (nSPS) is 17.5. The van der Waals surface area contributed by atoms with Crippen LogP contribution in [0.2, 0.25) is 0 Å². The first-order valence-corrected chi connectivity index (χ1v) is 21.5. The van der Waals surface area contributed by atoms with E-state index in [0.29, 0.717) is 6.42 Å². The molecule has 0 saturated carbocycles. The number of thioether (sulfide) groups is 1. The minimum absolute atomic E-state index is 0.0148. The molecule has 1 aliphatic rings. The van der Waals surface area contributed by atoms with Gasteiger partial charge in [0.2, 0.25) is 15.9 Å². The number of aliphatic hydroxyl groups excluding tert-OH is 1. The van der Waals surface area contributed by atoms with Gasteiger partial charge >= 0.3 is 0 Å². The number of aryl methyl sites for hydroxylation is 1. The van der Waals surface area contributed by atoms with Gasteiger partial charge in [0.05, 0.1) is 23.7 Å². The minimum Gasteiger partial charge on any atom is -0.392 e. The molecule has 1 heterocycles. The van der Waals surface area contributed by atoms with Crippen LogP contribution < -0.4 is 10.0 Å². The number of hydrogen-bond donors (Lipinski definition) is 3. The predicted octanol–water partition coefficient (Wildman–Crippen LogP) is 8.70. The Hall–Kier alpha value is -5.07. The van der Waals surface area contributed by atoms with Gasteiger partial charge in [0.25, 0.3) is 0 Å². The number of carbonyl (C=O) groups is 1. The number of carbonyl (C=O) groups excluding carboxylic acids is 1. The van der Waals surface area contributed by atoms with Gasteiger partial charge in [0.1, 0.15) is 6.04 Å². The lowest BCUT2D eigenvalue weighted by Gasteiger charge is -2.36. The summed E-state index contributed by atoms with van der Waals surface area (Å²) in [6, 6.07) is 49.1. The Morgan fingerprint density at radius 2 is 1.40 bits per heavy atom. The first-order chi connectivity index (χ1) is 27.7. The van der Waals surface area contributed by atoms with Crippen molar-refractivity contribution in [3.8, 4) is 11.1 Å². The number of ether oxygens (including phenoxy) is 2. The van der Waals surface area contributed by atoms with Gasteiger partial charge < -0.3 is 19.9 Å². The van der Waals surface area contributed by atoms with E-state index in [2.05, 4.69) is 28.2 Å². The third-order valence-electron chi connectivity index (χ3n) is 9.91. The summed E-state index contributed by atoms with van der Waals surface area (Å²) in [5, 5.41) is 12.6. The molecule has 1 saturated heterocycles. The Labute approximate surface area is 339 Å². The average Bonchev–Trinajstić information content (AvgIpc) is 3.25. The Morgan fingerprint density at radius 1 is 0.737 bits per heavy atom. The van der Waals surface area contributed by atoms with Crippen LogP contribution in [0, 0.1) is 6.92 Å². The molecule has 6 aromatic rings. The van der Waals surface area contributed by atoms with Crippen molar-refractivity contribution in [1.29, 1.82) is 0 Å². The molecule has 0 bridgehead atoms. The van der Waals surface area contributed by atoms with E-state index >= 15 is 0 Å². The fraction of sp³-hybridized carbons (Fsp3) is 0.213. The zero-order chi connectivity index (χ0) is 39.6. The number of rotatable bonds is 15. The lowest BCUT2D eigenvalue weighted by molar-refractivity contribution is -0.245. The number of amides is 1. The molecule has 7 rings (SSSR count). The van der Waals surface area contributed by atoms with E-state index in [9.17, 15) is 18.3 Å². The topological polar surface area (TPSA) is 114 Å². The molecule has 57 heavy (non-hydrogen) atoms. The molecule has 1 amide bonds. The monoisotopic (exact) mass is 798 g/mol. The van der Waals surface area contributed by atoms with Crippen molar-refractivity contribution in [2.24, 2.45) is 0 Å². The third-order valence-corrected chi connectivity index (χ3v) is 12.5. The highest BCUT2D eigenvalue weighted by Crippen LogP contribution is 2.40. The Balaban J connectivity index is 1.06. The molecule has 10 heteroatoms. The Kier molecular flexibility index (Phi) is 13.3. The van der Waals surface area contributed by atoms with E-state index in [-0.39, 0.29) is 36.7 Å². The summed E-state index contributed by atoms with van der Waals surface area (Å²) in [5.74, 6) is 0.344. The number of benzene rings is 6. The highest BCUT2D eigenvalue weighted by molar-refractivity contribution is 7.99. The smallest absolute Gasteiger partial charge is 0.241 e. The quantitative estimate of drug-likeness (QED) is 0.0892. The SMILES string of the molecule is Cc1ccc(S(=O)(=O)N[C@H](Cc2ccccc2)C(=O)NCc2cccc(-c3cccc([C@@H]4O[C@H](CSc5ccccc5)C[C@H](c5ccc(CO)cc5)O4)c3)c2)cc1. The molecule has 6 aromatic carbocycles. The summed E-state index contributed by atoms with van der Waals surface area (Å²) >= 11 is 1.76. The van der Waals surface area contributed by atoms with Crippen LogP contribution in [0.5, 0.6) is 0 Å². The Bertz CT molecular complexity index is 2340. The van der Waals surface area contributed by atoms with Gasteiger partial charge in [-0.15, -0.1) is 11.8 Å². The lowest BCUT2D eigenvalue weighted by atomic mass is 9.99. The second-order valence-corrected chi connectivity index (χ2v) is 17.0. The maximum Gasteiger partial charge on any atom is 0.241 e. The number of aliphatic hydroxyl groups is 1. The summed E-state index contributed by atoms with van der Waals surface area (Å²) in [6.45, 7) is 2.08. The zero-order valence-corrected chi connectivity index (χ0v) is 33.3. The molecular formula is C47H46N2O6S2. The second-order valence-electron chi connectivity index (χ2n) is 14.2. The fourth-order valence-corrected chi connectivity index (χ4v) is 8.92. The second kappa shape index (κ2) is 18.9. The van der Waals surface area contributed by atoms with Crippen LogP contribution in [0.3, 0.4) is 0 Å². The molecule has 0 spiro atoms. The van der Waals surface area contributed by atoms with Crippen LogP contribution >= 0.6 is 11.8 Å². The van der Waals surface area contributed by atoms with Gasteiger partial charge in [0, 0.05) is 29.2 Å². The molecule has 3 N–H and O–H groups in total. The molecule has 1 aliphatic heterocycles. The number of nitrogens with one attached hydrogen (secondary N) is 2. The van der Waals surface area contributed by atoms with Gasteiger partial charge in [-0.25, -0.2) is 8.42 Å². The molecule has 0 aromatic heterocycles. The Morgan fingerprint density at radius 3 is 2.12 bits per heavy atom. The van der Waals surface area contributed by atoms with E-state index in [1.807, 2.05) is 122 Å². The van der Waals surface area contributed by atoms with Gasteiger partial charge in [-0.05, 0) is 83.1 Å². The minimum atomic E-state index is -3.96. The maximum absolute atomic E-state index is 13.7. The van der Waals surface area contributed by atoms with Crippen molar-refractivity contribution in [2.75, 3.05) is 5.75 Å². The molecule has 4 atom stereocenters. The molecular weight excluding hydrogens is 753 g/mol. The lowest BCUT2D eigenvalue weighted by Crippen LogP contribution is -2.47. The third kappa shape index (κ3) is 10.9. The zero-order valence-electron chi connectivity index (χ0n) is 31.7. The van der Waals surface area contributed by atoms with Crippen LogP contribution in [0.25, 0.3) is 11.1 Å². The molecule has 0 aliphatic carbocycles. The fourth-order valence-electron chi connectivity index (χ4n) is 6.78. The van der Waals surface area contributed by atoms with E-state index in [1.165, 1.54) is 4.90 Å². The van der Waals surface area contributed by atoms with Crippen LogP contribution in [0.4, 0.5) is 0 Å². The number of sulfonamides is 1. The first kappa shape index (κ1) is 40.1. The van der Waals surface area contributed by atoms with Gasteiger partial charge in [-0.2, -0.15) is 4.72 Å². The summed E-state index contributed by atoms with van der Waals surface area (Å²) in [4.78, 5) is 15.0. The van der Waals surface area contributed by atoms with Gasteiger partial charge in [-0.1, -0.05) is 127 Å². The summed E-state index contributed by atoms with van der Waals surface area (Å²) in [7, 11) is -3.96. The average molecular weight is 799 g/mol. The summed E-state index contributed by atoms with van der Waals surface area (Å²) in [5.41, 5.74) is 7.33. The van der Waals surface area contributed by atoms with Crippen LogP contribution in [-0.2, 0) is 43.9 Å². The molecule has 292 valence electrons. The maximum atomic E-state index is 13.7. The predicted molar refractivity (Wildman–Crippen MR) is 225 cm³/mol. The highest BCUT2D eigenvalue weighted by Gasteiger charge is 2.32. The van der Waals surface area contributed by atoms with E-state index in [0.717, 1.165) is 50.3 Å². The summed E-state index contributed by atoms with van der Waals surface area (Å²) in [6.07, 6.45) is 0.0216. The van der Waals surface area contributed by atoms with Crippen molar-refractivity contribution in [2.45, 2.75) is 67.2 Å². The van der Waals surface area contributed by atoms with Crippen molar-refractivity contribution in [3.05, 3.63) is 191 Å². The largest absolute Gasteiger partial charge is 0.392 e. The molecule has 8 nitrogen and oxygen atoms in total. The molecule has 0 unspecified atom stereocenters. The van der Waals surface area contributed by atoms with Crippen molar-refractivity contribution >= 4 is 27.7 Å². The van der Waals surface area contributed by atoms with E-state index in [4.69, 9.17) is 9.47 Å². The van der Waals surface area contributed by atoms with Crippen molar-refractivity contribution < 1.29 is 27.8 Å². The van der Waals surface area contributed by atoms with Crippen LogP contribution in [0.15, 0.2) is 168 Å². The van der Waals surface area contributed by atoms with E-state index < -0.39 is 28.3 Å². The van der Waals surface area contributed by atoms with Crippen LogP contribution in [-0.4, -0.2) is 37.3 Å². The van der Waals surface area contributed by atoms with Crippen molar-refractivity contribution in [1.82, 2.24) is 10.0 Å².